The average Bonchev–Trinajstić information content (AvgIpc) is 2.30. The number of rotatable bonds is 10. The monoisotopic (exact) mass is 245 g/mol. The van der Waals surface area contributed by atoms with Crippen LogP contribution in [-0.2, 0) is 9.47 Å². The fraction of sp³-hybridized carbons (Fsp3) is 1.00. The molecule has 0 amide bonds. The van der Waals surface area contributed by atoms with Crippen LogP contribution in [0.2, 0.25) is 0 Å². The summed E-state index contributed by atoms with van der Waals surface area (Å²) in [4.78, 5) is 0. The van der Waals surface area contributed by atoms with Crippen LogP contribution in [0.5, 0.6) is 0 Å². The Morgan fingerprint density at radius 3 is 2.35 bits per heavy atom. The zero-order valence-corrected chi connectivity index (χ0v) is 12.5. The van der Waals surface area contributed by atoms with Gasteiger partial charge in [-0.05, 0) is 46.6 Å². The van der Waals surface area contributed by atoms with Crippen LogP contribution >= 0.6 is 0 Å². The third kappa shape index (κ3) is 7.74. The molecule has 2 unspecified atom stereocenters. The van der Waals surface area contributed by atoms with Gasteiger partial charge in [-0.15, -0.1) is 0 Å². The molecule has 17 heavy (non-hydrogen) atoms. The molecular weight excluding hydrogens is 214 g/mol. The third-order valence-electron chi connectivity index (χ3n) is 3.30. The van der Waals surface area contributed by atoms with Gasteiger partial charge in [0.05, 0.1) is 11.7 Å². The normalized spacial score (nSPS) is 15.9. The largest absolute Gasteiger partial charge is 0.379 e. The van der Waals surface area contributed by atoms with Crippen LogP contribution in [-0.4, -0.2) is 38.0 Å². The maximum absolute atomic E-state index is 5.89. The lowest BCUT2D eigenvalue weighted by Gasteiger charge is -2.27. The molecule has 0 heterocycles. The number of methoxy groups -OCH3 is 1. The van der Waals surface area contributed by atoms with Gasteiger partial charge in [-0.2, -0.15) is 0 Å². The van der Waals surface area contributed by atoms with Gasteiger partial charge in [0.2, 0.25) is 0 Å². The second-order valence-corrected chi connectivity index (χ2v) is 5.26. The molecular formula is C14H31NO2. The maximum atomic E-state index is 5.89. The Morgan fingerprint density at radius 2 is 1.88 bits per heavy atom. The Balaban J connectivity index is 3.85. The number of nitrogens with one attached hydrogen (secondary N) is 1. The van der Waals surface area contributed by atoms with Crippen molar-refractivity contribution in [2.24, 2.45) is 0 Å². The molecule has 0 bridgehead atoms. The van der Waals surface area contributed by atoms with Crippen LogP contribution in [0.3, 0.4) is 0 Å². The standard InChI is InChI=1S/C14H31NO2/c1-7-10-15-13(8-2)12(3)17-11-9-14(4,5)16-6/h12-13,15H,7-11H2,1-6H3. The smallest absolute Gasteiger partial charge is 0.0699 e. The van der Waals surface area contributed by atoms with E-state index in [9.17, 15) is 0 Å². The third-order valence-corrected chi connectivity index (χ3v) is 3.30. The van der Waals surface area contributed by atoms with Gasteiger partial charge >= 0.3 is 0 Å². The molecule has 104 valence electrons. The summed E-state index contributed by atoms with van der Waals surface area (Å²) in [7, 11) is 1.75. The minimum Gasteiger partial charge on any atom is -0.379 e. The Kier molecular flexibility index (Phi) is 8.83. The van der Waals surface area contributed by atoms with Gasteiger partial charge in [-0.25, -0.2) is 0 Å². The molecule has 1 N–H and O–H groups in total. The zero-order valence-electron chi connectivity index (χ0n) is 12.5. The molecule has 0 aromatic heterocycles. The summed E-state index contributed by atoms with van der Waals surface area (Å²) in [5.74, 6) is 0. The van der Waals surface area contributed by atoms with E-state index in [0.29, 0.717) is 6.04 Å². The first-order valence-electron chi connectivity index (χ1n) is 6.87. The van der Waals surface area contributed by atoms with E-state index in [2.05, 4.69) is 39.9 Å². The van der Waals surface area contributed by atoms with Gasteiger partial charge in [-0.1, -0.05) is 13.8 Å². The molecule has 0 spiro atoms. The highest BCUT2D eigenvalue weighted by Crippen LogP contribution is 2.14. The predicted molar refractivity (Wildman–Crippen MR) is 73.5 cm³/mol. The number of hydrogen-bond donors (Lipinski definition) is 1. The van der Waals surface area contributed by atoms with Gasteiger partial charge in [0, 0.05) is 19.8 Å². The maximum Gasteiger partial charge on any atom is 0.0699 e. The molecule has 0 fully saturated rings. The molecule has 0 aliphatic carbocycles. The molecule has 3 nitrogen and oxygen atoms in total. The minimum absolute atomic E-state index is 0.0850. The first-order valence-corrected chi connectivity index (χ1v) is 6.87. The molecule has 0 saturated carbocycles. The number of hydrogen-bond acceptors (Lipinski definition) is 3. The molecule has 0 rings (SSSR count). The van der Waals surface area contributed by atoms with Gasteiger partial charge in [0.25, 0.3) is 0 Å². The second kappa shape index (κ2) is 8.90. The van der Waals surface area contributed by atoms with Crippen molar-refractivity contribution in [1.82, 2.24) is 5.32 Å². The van der Waals surface area contributed by atoms with Crippen molar-refractivity contribution in [3.8, 4) is 0 Å². The van der Waals surface area contributed by atoms with Crippen molar-refractivity contribution < 1.29 is 9.47 Å². The second-order valence-electron chi connectivity index (χ2n) is 5.26. The summed E-state index contributed by atoms with van der Waals surface area (Å²) in [5.41, 5.74) is -0.0850. The fourth-order valence-electron chi connectivity index (χ4n) is 1.68. The predicted octanol–water partition coefficient (Wildman–Crippen LogP) is 2.98. The van der Waals surface area contributed by atoms with E-state index < -0.39 is 0 Å². The summed E-state index contributed by atoms with van der Waals surface area (Å²) in [6.07, 6.45) is 3.46. The summed E-state index contributed by atoms with van der Waals surface area (Å²) in [6.45, 7) is 12.5. The van der Waals surface area contributed by atoms with Crippen LogP contribution in [0.1, 0.15) is 53.9 Å². The van der Waals surface area contributed by atoms with E-state index in [1.165, 1.54) is 6.42 Å². The van der Waals surface area contributed by atoms with E-state index >= 15 is 0 Å². The van der Waals surface area contributed by atoms with Gasteiger partial charge in [0.15, 0.2) is 0 Å². The summed E-state index contributed by atoms with van der Waals surface area (Å²) in [5, 5.41) is 3.52. The van der Waals surface area contributed by atoms with Crippen molar-refractivity contribution >= 4 is 0 Å². The average molecular weight is 245 g/mol. The van der Waals surface area contributed by atoms with Crippen molar-refractivity contribution in [1.29, 1.82) is 0 Å². The van der Waals surface area contributed by atoms with Crippen LogP contribution < -0.4 is 5.32 Å². The lowest BCUT2D eigenvalue weighted by molar-refractivity contribution is -0.0305. The van der Waals surface area contributed by atoms with E-state index in [-0.39, 0.29) is 11.7 Å². The SMILES string of the molecule is CCCNC(CC)C(C)OCCC(C)(C)OC. The molecule has 0 aliphatic heterocycles. The van der Waals surface area contributed by atoms with Gasteiger partial charge < -0.3 is 14.8 Å². The number of ether oxygens (including phenoxy) is 2. The minimum atomic E-state index is -0.0850. The molecule has 0 aromatic rings. The lowest BCUT2D eigenvalue weighted by Crippen LogP contribution is -2.40. The Morgan fingerprint density at radius 1 is 1.24 bits per heavy atom. The first-order chi connectivity index (χ1) is 7.96. The van der Waals surface area contributed by atoms with Crippen molar-refractivity contribution in [2.75, 3.05) is 20.3 Å². The Hall–Kier alpha value is -0.120. The molecule has 2 atom stereocenters. The summed E-state index contributed by atoms with van der Waals surface area (Å²) < 4.78 is 11.3. The summed E-state index contributed by atoms with van der Waals surface area (Å²) >= 11 is 0. The van der Waals surface area contributed by atoms with Crippen LogP contribution in [0.25, 0.3) is 0 Å². The van der Waals surface area contributed by atoms with Crippen molar-refractivity contribution in [3.63, 3.8) is 0 Å². The van der Waals surface area contributed by atoms with Crippen LogP contribution in [0, 0.1) is 0 Å². The van der Waals surface area contributed by atoms with Gasteiger partial charge in [0.1, 0.15) is 0 Å². The van der Waals surface area contributed by atoms with E-state index in [1.54, 1.807) is 7.11 Å². The van der Waals surface area contributed by atoms with Crippen LogP contribution in [0.15, 0.2) is 0 Å². The molecule has 0 aliphatic rings. The van der Waals surface area contributed by atoms with Crippen molar-refractivity contribution in [2.45, 2.75) is 71.6 Å². The lowest BCUT2D eigenvalue weighted by atomic mass is 10.1. The van der Waals surface area contributed by atoms with E-state index in [1.807, 2.05) is 0 Å². The molecule has 3 heteroatoms. The highest BCUT2D eigenvalue weighted by molar-refractivity contribution is 4.73. The molecule has 0 radical (unpaired) electrons. The quantitative estimate of drug-likeness (QED) is 0.642. The zero-order chi connectivity index (χ0) is 13.3. The molecule has 0 saturated heterocycles. The summed E-state index contributed by atoms with van der Waals surface area (Å²) in [6, 6.07) is 0.459. The van der Waals surface area contributed by atoms with Crippen LogP contribution in [0.4, 0.5) is 0 Å². The highest BCUT2D eigenvalue weighted by Gasteiger charge is 2.19. The Labute approximate surface area is 107 Å². The van der Waals surface area contributed by atoms with Gasteiger partial charge in [-0.3, -0.25) is 0 Å². The van der Waals surface area contributed by atoms with E-state index in [0.717, 1.165) is 26.0 Å². The Bertz CT molecular complexity index is 183. The topological polar surface area (TPSA) is 30.5 Å². The fourth-order valence-corrected chi connectivity index (χ4v) is 1.68. The van der Waals surface area contributed by atoms with E-state index in [4.69, 9.17) is 9.47 Å². The highest BCUT2D eigenvalue weighted by atomic mass is 16.5. The first kappa shape index (κ1) is 16.9. The molecule has 0 aromatic carbocycles. The van der Waals surface area contributed by atoms with Crippen molar-refractivity contribution in [3.05, 3.63) is 0 Å².